The van der Waals surface area contributed by atoms with E-state index < -0.39 is 0 Å². The second-order valence-electron chi connectivity index (χ2n) is 6.23. The Labute approximate surface area is 162 Å². The molecule has 0 bridgehead atoms. The predicted octanol–water partition coefficient (Wildman–Crippen LogP) is 4.38. The van der Waals surface area contributed by atoms with Crippen LogP contribution in [0.15, 0.2) is 29.6 Å². The van der Waals surface area contributed by atoms with E-state index in [4.69, 9.17) is 4.98 Å². The van der Waals surface area contributed by atoms with Crippen molar-refractivity contribution in [2.75, 3.05) is 25.4 Å². The minimum Gasteiger partial charge on any atom is -0.345 e. The normalized spacial score (nSPS) is 11.3. The predicted molar refractivity (Wildman–Crippen MR) is 107 cm³/mol. The first-order chi connectivity index (χ1) is 13.1. The summed E-state index contributed by atoms with van der Waals surface area (Å²) in [6.07, 6.45) is 1.64. The summed E-state index contributed by atoms with van der Waals surface area (Å²) >= 11 is 1.59. The molecule has 0 saturated heterocycles. The third-order valence-electron chi connectivity index (χ3n) is 4.61. The Bertz CT molecular complexity index is 988. The fraction of sp³-hybridized carbons (Fsp3) is 0.350. The number of aryl methyl sites for hydroxylation is 1. The van der Waals surface area contributed by atoms with Crippen LogP contribution in [-0.4, -0.2) is 45.2 Å². The maximum atomic E-state index is 13.6. The van der Waals surface area contributed by atoms with E-state index in [-0.39, 0.29) is 5.82 Å². The molecule has 2 aromatic heterocycles. The molecule has 0 aliphatic heterocycles. The van der Waals surface area contributed by atoms with Gasteiger partial charge in [0, 0.05) is 24.1 Å². The largest absolute Gasteiger partial charge is 0.345 e. The Balaban J connectivity index is 2.02. The molecule has 3 rings (SSSR count). The Morgan fingerprint density at radius 3 is 2.70 bits per heavy atom. The minimum absolute atomic E-state index is 0.287. The fourth-order valence-corrected chi connectivity index (χ4v) is 3.90. The first-order valence-electron chi connectivity index (χ1n) is 8.98. The number of nitrogens with zero attached hydrogens (tertiary/aromatic N) is 4. The number of aromatic amines is 1. The van der Waals surface area contributed by atoms with Crippen LogP contribution in [0.2, 0.25) is 0 Å². The Hall–Kier alpha value is -2.43. The summed E-state index contributed by atoms with van der Waals surface area (Å²) in [7, 11) is 0. The summed E-state index contributed by atoms with van der Waals surface area (Å²) in [5, 5.41) is 10.8. The first-order valence-corrected chi connectivity index (χ1v) is 9.96. The zero-order valence-corrected chi connectivity index (χ0v) is 16.5. The summed E-state index contributed by atoms with van der Waals surface area (Å²) in [5.41, 5.74) is 3.37. The van der Waals surface area contributed by atoms with Gasteiger partial charge in [-0.25, -0.2) is 14.4 Å². The van der Waals surface area contributed by atoms with Crippen LogP contribution in [0.3, 0.4) is 0 Å². The smallest absolute Gasteiger partial charge is 0.190 e. The molecular weight excluding hydrogens is 361 g/mol. The maximum Gasteiger partial charge on any atom is 0.190 e. The van der Waals surface area contributed by atoms with Crippen LogP contribution in [0, 0.1) is 24.1 Å². The number of hydrogen-bond donors (Lipinski definition) is 1. The van der Waals surface area contributed by atoms with E-state index in [9.17, 15) is 9.65 Å². The highest BCUT2D eigenvalue weighted by Crippen LogP contribution is 2.32. The molecule has 1 N–H and O–H groups in total. The Morgan fingerprint density at radius 1 is 1.26 bits per heavy atom. The van der Waals surface area contributed by atoms with Gasteiger partial charge in [-0.05, 0) is 43.8 Å². The third kappa shape index (κ3) is 4.12. The van der Waals surface area contributed by atoms with Crippen LogP contribution in [0.1, 0.15) is 25.0 Å². The number of halogens is 1. The highest BCUT2D eigenvalue weighted by molar-refractivity contribution is 7.99. The van der Waals surface area contributed by atoms with Crippen molar-refractivity contribution in [1.29, 1.82) is 5.26 Å². The van der Waals surface area contributed by atoms with Crippen molar-refractivity contribution in [3.63, 3.8) is 0 Å². The maximum absolute atomic E-state index is 13.6. The van der Waals surface area contributed by atoms with E-state index in [0.717, 1.165) is 36.5 Å². The van der Waals surface area contributed by atoms with E-state index in [1.165, 1.54) is 12.1 Å². The van der Waals surface area contributed by atoms with Gasteiger partial charge in [0.1, 0.15) is 17.5 Å². The lowest BCUT2D eigenvalue weighted by molar-refractivity contribution is 0.324. The van der Waals surface area contributed by atoms with Crippen molar-refractivity contribution in [3.8, 4) is 17.3 Å². The van der Waals surface area contributed by atoms with Crippen LogP contribution in [-0.2, 0) is 0 Å². The molecule has 0 radical (unpaired) electrons. The van der Waals surface area contributed by atoms with E-state index in [0.29, 0.717) is 27.4 Å². The fourth-order valence-electron chi connectivity index (χ4n) is 3.06. The van der Waals surface area contributed by atoms with Gasteiger partial charge in [0.05, 0.1) is 16.6 Å². The second-order valence-corrected chi connectivity index (χ2v) is 7.29. The summed E-state index contributed by atoms with van der Waals surface area (Å²) in [6, 6.07) is 6.80. The molecule has 0 fully saturated rings. The van der Waals surface area contributed by atoms with Crippen LogP contribution < -0.4 is 0 Å². The van der Waals surface area contributed by atoms with Crippen molar-refractivity contribution in [2.45, 2.75) is 25.9 Å². The monoisotopic (exact) mass is 383 g/mol. The van der Waals surface area contributed by atoms with Crippen LogP contribution in [0.4, 0.5) is 4.39 Å². The quantitative estimate of drug-likeness (QED) is 0.484. The molecule has 7 heteroatoms. The van der Waals surface area contributed by atoms with Crippen LogP contribution >= 0.6 is 11.8 Å². The van der Waals surface area contributed by atoms with E-state index in [2.05, 4.69) is 34.8 Å². The Kier molecular flexibility index (Phi) is 6.09. The minimum atomic E-state index is -0.287. The lowest BCUT2D eigenvalue weighted by atomic mass is 10.0. The zero-order chi connectivity index (χ0) is 19.4. The van der Waals surface area contributed by atoms with Gasteiger partial charge in [-0.1, -0.05) is 25.6 Å². The molecule has 140 valence electrons. The van der Waals surface area contributed by atoms with Gasteiger partial charge < -0.3 is 9.88 Å². The molecule has 0 aliphatic rings. The van der Waals surface area contributed by atoms with Crippen LogP contribution in [0.5, 0.6) is 0 Å². The van der Waals surface area contributed by atoms with Crippen LogP contribution in [0.25, 0.3) is 22.3 Å². The van der Waals surface area contributed by atoms with Gasteiger partial charge in [0.25, 0.3) is 0 Å². The van der Waals surface area contributed by atoms with Crippen molar-refractivity contribution < 1.29 is 4.39 Å². The summed E-state index contributed by atoms with van der Waals surface area (Å²) in [4.78, 5) is 14.7. The number of fused-ring (bicyclic) bond motifs is 1. The molecule has 0 saturated carbocycles. The van der Waals surface area contributed by atoms with Gasteiger partial charge in [-0.3, -0.25) is 0 Å². The molecule has 3 aromatic rings. The molecule has 0 amide bonds. The molecule has 0 spiro atoms. The third-order valence-corrected chi connectivity index (χ3v) is 5.44. The highest BCUT2D eigenvalue weighted by atomic mass is 32.2. The number of nitriles is 1. The average molecular weight is 383 g/mol. The van der Waals surface area contributed by atoms with Gasteiger partial charge >= 0.3 is 0 Å². The molecule has 0 aliphatic carbocycles. The van der Waals surface area contributed by atoms with E-state index in [1.54, 1.807) is 24.0 Å². The van der Waals surface area contributed by atoms with Crippen molar-refractivity contribution in [3.05, 3.63) is 41.3 Å². The standard InChI is InChI=1S/C20H22FN5S/c1-4-26(5-2)8-9-27-20-24-18(16-7-6-15(21)10-13(16)3)17-14(11-22)12-23-19(17)25-20/h6-7,10,12H,4-5,8-9H2,1-3H3,(H,23,24,25). The number of benzene rings is 1. The SMILES string of the molecule is CCN(CC)CCSc1nc(-c2ccc(F)cc2C)c2c(C#N)c[nH]c2n1. The average Bonchev–Trinajstić information content (AvgIpc) is 3.08. The lowest BCUT2D eigenvalue weighted by Gasteiger charge is -2.17. The molecule has 5 nitrogen and oxygen atoms in total. The molecule has 0 atom stereocenters. The number of nitrogens with one attached hydrogen (secondary N) is 1. The summed E-state index contributed by atoms with van der Waals surface area (Å²) in [5.74, 6) is 0.589. The van der Waals surface area contributed by atoms with Crippen molar-refractivity contribution in [2.24, 2.45) is 0 Å². The van der Waals surface area contributed by atoms with Crippen molar-refractivity contribution in [1.82, 2.24) is 19.9 Å². The molecule has 27 heavy (non-hydrogen) atoms. The molecule has 1 aromatic carbocycles. The molecular formula is C20H22FN5S. The summed E-state index contributed by atoms with van der Waals surface area (Å²) < 4.78 is 13.6. The topological polar surface area (TPSA) is 68.6 Å². The van der Waals surface area contributed by atoms with Crippen molar-refractivity contribution >= 4 is 22.8 Å². The number of hydrogen-bond acceptors (Lipinski definition) is 5. The summed E-state index contributed by atoms with van der Waals surface area (Å²) in [6.45, 7) is 9.12. The van der Waals surface area contributed by atoms with Gasteiger partial charge in [0.2, 0.25) is 0 Å². The van der Waals surface area contributed by atoms with Gasteiger partial charge in [-0.2, -0.15) is 5.26 Å². The van der Waals surface area contributed by atoms with Gasteiger partial charge in [0.15, 0.2) is 5.16 Å². The van der Waals surface area contributed by atoms with E-state index >= 15 is 0 Å². The Morgan fingerprint density at radius 2 is 2.04 bits per heavy atom. The number of rotatable bonds is 7. The number of thioether (sulfide) groups is 1. The first kappa shape index (κ1) is 19.3. The molecule has 2 heterocycles. The highest BCUT2D eigenvalue weighted by Gasteiger charge is 2.17. The van der Waals surface area contributed by atoms with Gasteiger partial charge in [-0.15, -0.1) is 0 Å². The molecule has 0 unspecified atom stereocenters. The second kappa shape index (κ2) is 8.51. The number of H-pyrrole nitrogens is 1. The number of aromatic nitrogens is 3. The van der Waals surface area contributed by atoms with E-state index in [1.807, 2.05) is 6.92 Å². The lowest BCUT2D eigenvalue weighted by Crippen LogP contribution is -2.25. The zero-order valence-electron chi connectivity index (χ0n) is 15.7.